The number of Topliss-reactive ketones (excluding diaryl/α,β-unsaturated/α-hetero) is 1. The Balaban J connectivity index is 1.70. The minimum absolute atomic E-state index is 0.0106. The molecule has 174 valence electrons. The number of carbonyl (C=O) groups excluding carboxylic acids is 2. The molecule has 1 amide bonds. The second kappa shape index (κ2) is 9.81. The van der Waals surface area contributed by atoms with Crippen molar-refractivity contribution in [2.45, 2.75) is 32.0 Å². The average molecular weight is 491 g/mol. The lowest BCUT2D eigenvalue weighted by Crippen LogP contribution is -2.41. The molecule has 3 aromatic rings. The topological polar surface area (TPSA) is 80.4 Å². The van der Waals surface area contributed by atoms with E-state index in [1.807, 2.05) is 18.2 Å². The van der Waals surface area contributed by atoms with Gasteiger partial charge < -0.3 is 20.5 Å². The maximum atomic E-state index is 13.4. The molecule has 9 heteroatoms. The molecule has 1 aliphatic rings. The van der Waals surface area contributed by atoms with Crippen LogP contribution in [0.2, 0.25) is 10.0 Å². The molecule has 0 spiro atoms. The molecular formula is C24H25Cl2FN4O2. The molecule has 1 aliphatic heterocycles. The fourth-order valence-electron chi connectivity index (χ4n) is 4.43. The molecule has 33 heavy (non-hydrogen) atoms. The van der Waals surface area contributed by atoms with Gasteiger partial charge in [0, 0.05) is 47.7 Å². The van der Waals surface area contributed by atoms with Crippen LogP contribution in [0.5, 0.6) is 0 Å². The molecule has 4 rings (SSSR count). The van der Waals surface area contributed by atoms with E-state index in [4.69, 9.17) is 28.9 Å². The van der Waals surface area contributed by atoms with Crippen LogP contribution >= 0.6 is 23.2 Å². The molecule has 3 N–H and O–H groups in total. The predicted octanol–water partition coefficient (Wildman–Crippen LogP) is 3.79. The van der Waals surface area contributed by atoms with Crippen molar-refractivity contribution < 1.29 is 14.0 Å². The first kappa shape index (κ1) is 23.7. The summed E-state index contributed by atoms with van der Waals surface area (Å²) in [6.45, 7) is 1.94. The highest BCUT2D eigenvalue weighted by Gasteiger charge is 2.26. The first-order valence-corrected chi connectivity index (χ1v) is 11.5. The molecule has 1 unspecified atom stereocenters. The number of aromatic nitrogens is 1. The van der Waals surface area contributed by atoms with Crippen LogP contribution in [0.3, 0.4) is 0 Å². The number of nitrogens with one attached hydrogen (secondary N) is 1. The van der Waals surface area contributed by atoms with Crippen LogP contribution in [-0.4, -0.2) is 47.3 Å². The Hall–Kier alpha value is -2.45. The van der Waals surface area contributed by atoms with Gasteiger partial charge in [-0.3, -0.25) is 9.59 Å². The molecule has 1 atom stereocenters. The van der Waals surface area contributed by atoms with Gasteiger partial charge in [-0.2, -0.15) is 0 Å². The Morgan fingerprint density at radius 2 is 2.00 bits per heavy atom. The summed E-state index contributed by atoms with van der Waals surface area (Å²) in [5, 5.41) is 4.67. The van der Waals surface area contributed by atoms with E-state index >= 15 is 0 Å². The van der Waals surface area contributed by atoms with Crippen LogP contribution in [0, 0.1) is 5.82 Å². The van der Waals surface area contributed by atoms with Gasteiger partial charge in [0.05, 0.1) is 23.2 Å². The number of nitrogens with zero attached hydrogens (tertiary/aromatic N) is 2. The molecule has 0 saturated heterocycles. The summed E-state index contributed by atoms with van der Waals surface area (Å²) in [7, 11) is 2.06. The van der Waals surface area contributed by atoms with Crippen molar-refractivity contribution in [1.82, 2.24) is 14.8 Å². The van der Waals surface area contributed by atoms with E-state index in [1.165, 1.54) is 17.7 Å². The maximum Gasteiger partial charge on any atom is 0.253 e. The van der Waals surface area contributed by atoms with Gasteiger partial charge in [-0.25, -0.2) is 4.39 Å². The largest absolute Gasteiger partial charge is 0.347 e. The van der Waals surface area contributed by atoms with Gasteiger partial charge in [0.15, 0.2) is 0 Å². The van der Waals surface area contributed by atoms with Gasteiger partial charge in [-0.05, 0) is 55.4 Å². The number of hydrogen-bond acceptors (Lipinski definition) is 4. The number of carbonyl (C=O) groups is 2. The lowest BCUT2D eigenvalue weighted by atomic mass is 10.0. The quantitative estimate of drug-likeness (QED) is 0.527. The van der Waals surface area contributed by atoms with Crippen LogP contribution in [0.15, 0.2) is 36.4 Å². The Kier molecular flexibility index (Phi) is 7.05. The summed E-state index contributed by atoms with van der Waals surface area (Å²) in [6.07, 6.45) is 0.957. The number of fused-ring (bicyclic) bond motifs is 3. The van der Waals surface area contributed by atoms with Crippen LogP contribution in [-0.2, 0) is 24.3 Å². The number of likely N-dealkylation sites (N-methyl/N-ethyl adjacent to an activating group) is 1. The van der Waals surface area contributed by atoms with Gasteiger partial charge in [0.25, 0.3) is 5.91 Å². The molecule has 0 saturated carbocycles. The lowest BCUT2D eigenvalue weighted by Gasteiger charge is -2.26. The number of ketones is 1. The zero-order valence-corrected chi connectivity index (χ0v) is 19.7. The minimum atomic E-state index is -0.530. The van der Waals surface area contributed by atoms with E-state index in [0.717, 1.165) is 42.2 Å². The van der Waals surface area contributed by atoms with Crippen LogP contribution < -0.4 is 11.1 Å². The third-order valence-electron chi connectivity index (χ3n) is 6.03. The highest BCUT2D eigenvalue weighted by molar-refractivity contribution is 6.33. The Morgan fingerprint density at radius 3 is 2.73 bits per heavy atom. The Labute approximate surface area is 201 Å². The van der Waals surface area contributed by atoms with E-state index in [-0.39, 0.29) is 29.3 Å². The van der Waals surface area contributed by atoms with Gasteiger partial charge in [-0.15, -0.1) is 0 Å². The molecule has 2 heterocycles. The van der Waals surface area contributed by atoms with Crippen molar-refractivity contribution in [2.75, 3.05) is 20.1 Å². The van der Waals surface area contributed by atoms with Crippen LogP contribution in [0.4, 0.5) is 4.39 Å². The standard InChI is InChI=1S/C24H25Cl2FN4O2/c1-30-7-6-18-20-8-14(25)2-5-22(20)31(23(18)13-30)12-16(10-17(32)11-28)29-24(33)19-4-3-15(27)9-21(19)26/h2-5,8-9,16H,6-7,10-13,28H2,1H3,(H,29,33). The zero-order chi connectivity index (χ0) is 23.7. The minimum Gasteiger partial charge on any atom is -0.347 e. The van der Waals surface area contributed by atoms with Crippen molar-refractivity contribution >= 4 is 45.8 Å². The Bertz CT molecular complexity index is 1230. The van der Waals surface area contributed by atoms with E-state index in [0.29, 0.717) is 11.6 Å². The van der Waals surface area contributed by atoms with E-state index in [1.54, 1.807) is 0 Å². The summed E-state index contributed by atoms with van der Waals surface area (Å²) in [6, 6.07) is 8.84. The second-order valence-electron chi connectivity index (χ2n) is 8.43. The highest BCUT2D eigenvalue weighted by atomic mass is 35.5. The first-order valence-electron chi connectivity index (χ1n) is 10.7. The normalized spacial score (nSPS) is 14.8. The molecule has 6 nitrogen and oxygen atoms in total. The summed E-state index contributed by atoms with van der Waals surface area (Å²) >= 11 is 12.4. The Morgan fingerprint density at radius 1 is 1.21 bits per heavy atom. The monoisotopic (exact) mass is 490 g/mol. The van der Waals surface area contributed by atoms with E-state index in [2.05, 4.69) is 21.8 Å². The number of nitrogens with two attached hydrogens (primary N) is 1. The molecule has 1 aromatic heterocycles. The van der Waals surface area contributed by atoms with Gasteiger partial charge in [-0.1, -0.05) is 23.2 Å². The summed E-state index contributed by atoms with van der Waals surface area (Å²) in [5.74, 6) is -1.17. The molecule has 2 aromatic carbocycles. The van der Waals surface area contributed by atoms with Crippen molar-refractivity contribution in [3.63, 3.8) is 0 Å². The molecule has 0 radical (unpaired) electrons. The highest BCUT2D eigenvalue weighted by Crippen LogP contribution is 2.33. The third kappa shape index (κ3) is 5.06. The molecule has 0 fully saturated rings. The first-order chi connectivity index (χ1) is 15.8. The summed E-state index contributed by atoms with van der Waals surface area (Å²) in [5.41, 5.74) is 9.08. The number of amides is 1. The number of benzene rings is 2. The smallest absolute Gasteiger partial charge is 0.253 e. The maximum absolute atomic E-state index is 13.4. The SMILES string of the molecule is CN1CCc2c(n(CC(CC(=O)CN)NC(=O)c3ccc(F)cc3Cl)c3ccc(Cl)cc23)C1. The van der Waals surface area contributed by atoms with E-state index < -0.39 is 17.8 Å². The van der Waals surface area contributed by atoms with Crippen molar-refractivity contribution in [3.05, 3.63) is 69.1 Å². The second-order valence-corrected chi connectivity index (χ2v) is 9.27. The zero-order valence-electron chi connectivity index (χ0n) is 18.2. The van der Waals surface area contributed by atoms with Crippen LogP contribution in [0.25, 0.3) is 10.9 Å². The number of halogens is 3. The fraction of sp³-hybridized carbons (Fsp3) is 0.333. The number of hydrogen-bond donors (Lipinski definition) is 2. The molecular weight excluding hydrogens is 466 g/mol. The average Bonchev–Trinajstić information content (AvgIpc) is 3.05. The summed E-state index contributed by atoms with van der Waals surface area (Å²) < 4.78 is 15.6. The lowest BCUT2D eigenvalue weighted by molar-refractivity contribution is -0.118. The third-order valence-corrected chi connectivity index (χ3v) is 6.58. The summed E-state index contributed by atoms with van der Waals surface area (Å²) in [4.78, 5) is 27.4. The van der Waals surface area contributed by atoms with Crippen molar-refractivity contribution in [3.8, 4) is 0 Å². The van der Waals surface area contributed by atoms with Crippen molar-refractivity contribution in [2.24, 2.45) is 5.73 Å². The molecule has 0 aliphatic carbocycles. The van der Waals surface area contributed by atoms with Crippen molar-refractivity contribution in [1.29, 1.82) is 0 Å². The van der Waals surface area contributed by atoms with Gasteiger partial charge >= 0.3 is 0 Å². The van der Waals surface area contributed by atoms with Gasteiger partial charge in [0.2, 0.25) is 0 Å². The van der Waals surface area contributed by atoms with Crippen LogP contribution in [0.1, 0.15) is 28.0 Å². The number of rotatable bonds is 7. The predicted molar refractivity (Wildman–Crippen MR) is 128 cm³/mol. The van der Waals surface area contributed by atoms with Gasteiger partial charge in [0.1, 0.15) is 11.6 Å². The van der Waals surface area contributed by atoms with E-state index in [9.17, 15) is 14.0 Å². The fourth-order valence-corrected chi connectivity index (χ4v) is 4.86. The molecule has 0 bridgehead atoms.